The van der Waals surface area contributed by atoms with Gasteiger partial charge in [-0.15, -0.1) is 0 Å². The predicted molar refractivity (Wildman–Crippen MR) is 89.3 cm³/mol. The molecule has 4 nitrogen and oxygen atoms in total. The minimum absolute atomic E-state index is 0.328. The van der Waals surface area contributed by atoms with Crippen molar-refractivity contribution in [2.45, 2.75) is 6.92 Å². The van der Waals surface area contributed by atoms with Crippen LogP contribution in [0.15, 0.2) is 45.3 Å². The number of ether oxygens (including phenoxy) is 2. The van der Waals surface area contributed by atoms with Crippen molar-refractivity contribution in [3.05, 3.63) is 62.0 Å². The number of aryl methyl sites for hydroxylation is 1. The lowest BCUT2D eigenvalue weighted by molar-refractivity contribution is 0.0600. The van der Waals surface area contributed by atoms with Gasteiger partial charge in [-0.25, -0.2) is 9.59 Å². The lowest BCUT2D eigenvalue weighted by Crippen LogP contribution is -2.09. The Bertz CT molecular complexity index is 741. The van der Waals surface area contributed by atoms with Crippen LogP contribution in [0.4, 0.5) is 0 Å². The third-order valence-corrected chi connectivity index (χ3v) is 4.44. The van der Waals surface area contributed by atoms with E-state index in [0.29, 0.717) is 21.3 Å². The number of carbonyl (C=O) groups is 2. The highest BCUT2D eigenvalue weighted by molar-refractivity contribution is 9.10. The van der Waals surface area contributed by atoms with Gasteiger partial charge in [0.15, 0.2) is 0 Å². The Morgan fingerprint density at radius 2 is 1.50 bits per heavy atom. The molecule has 2 rings (SSSR count). The van der Waals surface area contributed by atoms with Gasteiger partial charge in [-0.2, -0.15) is 0 Å². The summed E-state index contributed by atoms with van der Waals surface area (Å²) in [6.07, 6.45) is 0. The Hall–Kier alpha value is -1.66. The Balaban J connectivity index is 2.21. The van der Waals surface area contributed by atoms with E-state index in [-0.39, 0.29) is 0 Å². The molecule has 2 aromatic rings. The van der Waals surface area contributed by atoms with Crippen molar-refractivity contribution in [3.8, 4) is 5.75 Å². The van der Waals surface area contributed by atoms with Crippen molar-refractivity contribution >= 4 is 43.8 Å². The number of methoxy groups -OCH3 is 1. The first-order valence-electron chi connectivity index (χ1n) is 6.28. The van der Waals surface area contributed by atoms with Gasteiger partial charge in [-0.1, -0.05) is 22.0 Å². The Labute approximate surface area is 144 Å². The summed E-state index contributed by atoms with van der Waals surface area (Å²) in [6.45, 7) is 1.93. The zero-order chi connectivity index (χ0) is 16.3. The van der Waals surface area contributed by atoms with Gasteiger partial charge >= 0.3 is 11.9 Å². The molecule has 0 aliphatic carbocycles. The number of halogens is 2. The van der Waals surface area contributed by atoms with Crippen LogP contribution in [-0.4, -0.2) is 19.0 Å². The second-order valence-corrected chi connectivity index (χ2v) is 6.20. The molecule has 0 saturated carbocycles. The number of rotatable bonds is 3. The molecule has 0 amide bonds. The maximum atomic E-state index is 12.1. The van der Waals surface area contributed by atoms with Crippen LogP contribution < -0.4 is 4.74 Å². The summed E-state index contributed by atoms with van der Waals surface area (Å²) < 4.78 is 11.3. The fourth-order valence-electron chi connectivity index (χ4n) is 1.71. The molecule has 0 N–H and O–H groups in total. The van der Waals surface area contributed by atoms with Gasteiger partial charge < -0.3 is 9.47 Å². The Kier molecular flexibility index (Phi) is 5.37. The maximum Gasteiger partial charge on any atom is 0.343 e. The van der Waals surface area contributed by atoms with E-state index in [2.05, 4.69) is 36.6 Å². The first kappa shape index (κ1) is 16.7. The maximum absolute atomic E-state index is 12.1. The Morgan fingerprint density at radius 1 is 0.909 bits per heavy atom. The van der Waals surface area contributed by atoms with E-state index in [9.17, 15) is 9.59 Å². The summed E-state index contributed by atoms with van der Waals surface area (Å²) in [7, 11) is 1.30. The summed E-state index contributed by atoms with van der Waals surface area (Å²) in [4.78, 5) is 23.6. The predicted octanol–water partition coefficient (Wildman–Crippen LogP) is 4.53. The van der Waals surface area contributed by atoms with Gasteiger partial charge in [0.05, 0.1) is 22.7 Å². The summed E-state index contributed by atoms with van der Waals surface area (Å²) in [6, 6.07) is 9.84. The number of hydrogen-bond acceptors (Lipinski definition) is 4. The molecular formula is C16H12Br2O4. The molecule has 0 bridgehead atoms. The van der Waals surface area contributed by atoms with Crippen molar-refractivity contribution in [3.63, 3.8) is 0 Å². The van der Waals surface area contributed by atoms with Crippen molar-refractivity contribution < 1.29 is 19.1 Å². The second kappa shape index (κ2) is 7.07. The first-order valence-corrected chi connectivity index (χ1v) is 7.87. The third kappa shape index (κ3) is 3.75. The zero-order valence-electron chi connectivity index (χ0n) is 11.9. The van der Waals surface area contributed by atoms with Gasteiger partial charge in [-0.05, 0) is 58.7 Å². The average molecular weight is 428 g/mol. The summed E-state index contributed by atoms with van der Waals surface area (Å²) in [5.74, 6) is -0.609. The highest BCUT2D eigenvalue weighted by Crippen LogP contribution is 2.27. The molecule has 0 aromatic heterocycles. The van der Waals surface area contributed by atoms with Gasteiger partial charge in [0.2, 0.25) is 0 Å². The average Bonchev–Trinajstić information content (AvgIpc) is 2.51. The first-order chi connectivity index (χ1) is 10.4. The lowest BCUT2D eigenvalue weighted by atomic mass is 10.1. The molecular weight excluding hydrogens is 416 g/mol. The van der Waals surface area contributed by atoms with Crippen LogP contribution in [0.1, 0.15) is 26.3 Å². The molecule has 0 aliphatic heterocycles. The molecule has 0 fully saturated rings. The van der Waals surface area contributed by atoms with Crippen LogP contribution in [0.5, 0.6) is 5.75 Å². The summed E-state index contributed by atoms with van der Waals surface area (Å²) in [5.41, 5.74) is 1.83. The lowest BCUT2D eigenvalue weighted by Gasteiger charge is -2.08. The molecule has 2 aromatic carbocycles. The Morgan fingerprint density at radius 3 is 2.09 bits per heavy atom. The van der Waals surface area contributed by atoms with Crippen molar-refractivity contribution in [1.29, 1.82) is 0 Å². The van der Waals surface area contributed by atoms with Crippen LogP contribution in [-0.2, 0) is 4.74 Å². The smallest absolute Gasteiger partial charge is 0.343 e. The van der Waals surface area contributed by atoms with Crippen LogP contribution in [0.3, 0.4) is 0 Å². The van der Waals surface area contributed by atoms with Gasteiger partial charge in [0, 0.05) is 4.47 Å². The van der Waals surface area contributed by atoms with Crippen LogP contribution in [0.2, 0.25) is 0 Å². The van der Waals surface area contributed by atoms with E-state index in [4.69, 9.17) is 4.74 Å². The highest BCUT2D eigenvalue weighted by atomic mass is 79.9. The van der Waals surface area contributed by atoms with Gasteiger partial charge in [-0.3, -0.25) is 0 Å². The quantitative estimate of drug-likeness (QED) is 0.533. The van der Waals surface area contributed by atoms with Crippen LogP contribution in [0, 0.1) is 6.92 Å². The molecule has 22 heavy (non-hydrogen) atoms. The highest BCUT2D eigenvalue weighted by Gasteiger charge is 2.14. The van der Waals surface area contributed by atoms with E-state index in [1.165, 1.54) is 19.2 Å². The fraction of sp³-hybridized carbons (Fsp3) is 0.125. The van der Waals surface area contributed by atoms with Gasteiger partial charge in [0.25, 0.3) is 0 Å². The molecule has 6 heteroatoms. The van der Waals surface area contributed by atoms with Crippen molar-refractivity contribution in [1.82, 2.24) is 0 Å². The number of esters is 2. The largest absolute Gasteiger partial charge is 0.465 e. The molecule has 0 unspecified atom stereocenters. The number of hydrogen-bond donors (Lipinski definition) is 0. The summed E-state index contributed by atoms with van der Waals surface area (Å²) >= 11 is 6.66. The van der Waals surface area contributed by atoms with E-state index in [1.54, 1.807) is 18.2 Å². The van der Waals surface area contributed by atoms with Crippen molar-refractivity contribution in [2.75, 3.05) is 7.11 Å². The molecule has 0 saturated heterocycles. The molecule has 0 aliphatic rings. The van der Waals surface area contributed by atoms with E-state index in [0.717, 1.165) is 10.0 Å². The minimum atomic E-state index is -0.479. The monoisotopic (exact) mass is 426 g/mol. The normalized spacial score (nSPS) is 10.2. The summed E-state index contributed by atoms with van der Waals surface area (Å²) in [5, 5.41) is 0. The standard InChI is InChI=1S/C16H12Br2O4/c1-9-3-4-11(7-12(9)17)16(20)22-14-6-5-10(8-13(14)18)15(19)21-2/h3-8H,1-2H3. The number of carbonyl (C=O) groups excluding carboxylic acids is 2. The molecule has 0 atom stereocenters. The topological polar surface area (TPSA) is 52.6 Å². The minimum Gasteiger partial charge on any atom is -0.465 e. The van der Waals surface area contributed by atoms with E-state index in [1.807, 2.05) is 13.0 Å². The molecule has 114 valence electrons. The van der Waals surface area contributed by atoms with Gasteiger partial charge in [0.1, 0.15) is 5.75 Å². The van der Waals surface area contributed by atoms with Crippen molar-refractivity contribution in [2.24, 2.45) is 0 Å². The zero-order valence-corrected chi connectivity index (χ0v) is 15.0. The second-order valence-electron chi connectivity index (χ2n) is 4.49. The van der Waals surface area contributed by atoms with Crippen LogP contribution in [0.25, 0.3) is 0 Å². The van der Waals surface area contributed by atoms with Crippen LogP contribution >= 0.6 is 31.9 Å². The molecule has 0 radical (unpaired) electrons. The molecule has 0 heterocycles. The van der Waals surface area contributed by atoms with E-state index >= 15 is 0 Å². The fourth-order valence-corrected chi connectivity index (χ4v) is 2.55. The molecule has 0 spiro atoms. The number of benzene rings is 2. The third-order valence-electron chi connectivity index (χ3n) is 2.96. The van der Waals surface area contributed by atoms with E-state index < -0.39 is 11.9 Å². The SMILES string of the molecule is COC(=O)c1ccc(OC(=O)c2ccc(C)c(Br)c2)c(Br)c1.